The van der Waals surface area contributed by atoms with E-state index in [1.807, 2.05) is 20.8 Å². The van der Waals surface area contributed by atoms with Crippen LogP contribution >= 0.6 is 36.2 Å². The highest BCUT2D eigenvalue weighted by molar-refractivity contribution is 7.13. The van der Waals surface area contributed by atoms with E-state index in [2.05, 4.69) is 20.6 Å². The van der Waals surface area contributed by atoms with Crippen LogP contribution in [0, 0.1) is 5.41 Å². The summed E-state index contributed by atoms with van der Waals surface area (Å²) >= 11 is 1.29. The maximum absolute atomic E-state index is 12.0. The first-order valence-electron chi connectivity index (χ1n) is 7.01. The molecule has 25 heavy (non-hydrogen) atoms. The summed E-state index contributed by atoms with van der Waals surface area (Å²) in [6, 6.07) is 3.29. The van der Waals surface area contributed by atoms with Gasteiger partial charge in [-0.3, -0.25) is 9.59 Å². The minimum absolute atomic E-state index is 0. The zero-order valence-electron chi connectivity index (χ0n) is 14.0. The van der Waals surface area contributed by atoms with Crippen molar-refractivity contribution in [2.24, 2.45) is 5.41 Å². The maximum atomic E-state index is 12.0. The molecule has 0 saturated carbocycles. The third kappa shape index (κ3) is 7.25. The predicted molar refractivity (Wildman–Crippen MR) is 106 cm³/mol. The van der Waals surface area contributed by atoms with Crippen molar-refractivity contribution in [3.8, 4) is 0 Å². The van der Waals surface area contributed by atoms with Gasteiger partial charge >= 0.3 is 0 Å². The molecule has 138 valence electrons. The molecule has 0 saturated heterocycles. The topological polar surface area (TPSA) is 110 Å². The highest BCUT2D eigenvalue weighted by Gasteiger charge is 2.22. The Kier molecular flexibility index (Phi) is 8.82. The van der Waals surface area contributed by atoms with Crippen molar-refractivity contribution >= 4 is 64.6 Å². The molecule has 0 atom stereocenters. The quantitative estimate of drug-likeness (QED) is 0.723. The van der Waals surface area contributed by atoms with Crippen LogP contribution in [0.1, 0.15) is 26.5 Å². The Morgan fingerprint density at radius 1 is 1.20 bits per heavy atom. The van der Waals surface area contributed by atoms with E-state index in [9.17, 15) is 9.59 Å². The van der Waals surface area contributed by atoms with Gasteiger partial charge in [0.25, 0.3) is 0 Å². The number of rotatable bonds is 4. The van der Waals surface area contributed by atoms with E-state index in [0.717, 1.165) is 0 Å². The zero-order chi connectivity index (χ0) is 17.0. The van der Waals surface area contributed by atoms with Gasteiger partial charge in [0.2, 0.25) is 11.8 Å². The number of hydrogen-bond acceptors (Lipinski definition) is 6. The molecule has 0 aromatic carbocycles. The number of amides is 2. The summed E-state index contributed by atoms with van der Waals surface area (Å²) in [7, 11) is 0. The largest absolute Gasteiger partial charge is 0.384 e. The smallest absolute Gasteiger partial charge is 0.231 e. The van der Waals surface area contributed by atoms with Crippen LogP contribution in [0.5, 0.6) is 0 Å². The molecule has 0 aliphatic heterocycles. The third-order valence-electron chi connectivity index (χ3n) is 2.87. The molecule has 7 nitrogen and oxygen atoms in total. The van der Waals surface area contributed by atoms with E-state index in [1.54, 1.807) is 17.5 Å². The van der Waals surface area contributed by atoms with Crippen molar-refractivity contribution in [2.75, 3.05) is 16.4 Å². The normalized spacial score (nSPS) is 10.2. The van der Waals surface area contributed by atoms with E-state index in [0.29, 0.717) is 22.3 Å². The summed E-state index contributed by atoms with van der Waals surface area (Å²) in [5.41, 5.74) is 6.16. The van der Waals surface area contributed by atoms with Crippen molar-refractivity contribution in [1.29, 1.82) is 0 Å². The Morgan fingerprint density at radius 3 is 2.44 bits per heavy atom. The van der Waals surface area contributed by atoms with Crippen molar-refractivity contribution in [1.82, 2.24) is 9.97 Å². The lowest BCUT2D eigenvalue weighted by Crippen LogP contribution is -2.27. The molecular formula is C15H21Cl2N5O2S. The van der Waals surface area contributed by atoms with E-state index in [-0.39, 0.29) is 43.0 Å². The molecule has 2 heterocycles. The molecule has 2 rings (SSSR count). The van der Waals surface area contributed by atoms with E-state index < -0.39 is 5.41 Å². The van der Waals surface area contributed by atoms with Gasteiger partial charge in [0.05, 0.1) is 24.0 Å². The lowest BCUT2D eigenvalue weighted by molar-refractivity contribution is -0.123. The molecule has 0 fully saturated rings. The lowest BCUT2D eigenvalue weighted by Gasteiger charge is -2.15. The van der Waals surface area contributed by atoms with Gasteiger partial charge in [-0.2, -0.15) is 0 Å². The van der Waals surface area contributed by atoms with E-state index in [1.165, 1.54) is 17.5 Å². The Bertz CT molecular complexity index is 713. The van der Waals surface area contributed by atoms with Crippen LogP contribution in [0.3, 0.4) is 0 Å². The minimum atomic E-state index is -0.495. The first-order chi connectivity index (χ1) is 10.7. The molecule has 4 N–H and O–H groups in total. The molecule has 2 aromatic heterocycles. The van der Waals surface area contributed by atoms with Crippen LogP contribution < -0.4 is 16.4 Å². The number of nitrogens with two attached hydrogens (primary N) is 1. The molecule has 0 spiro atoms. The number of hydrogen-bond donors (Lipinski definition) is 3. The van der Waals surface area contributed by atoms with Crippen molar-refractivity contribution in [3.05, 3.63) is 29.4 Å². The van der Waals surface area contributed by atoms with Crippen LogP contribution in [0.15, 0.2) is 23.7 Å². The molecule has 0 radical (unpaired) electrons. The average Bonchev–Trinajstić information content (AvgIpc) is 2.87. The second kappa shape index (κ2) is 9.55. The Labute approximate surface area is 162 Å². The number of carbonyl (C=O) groups is 2. The molecule has 0 aliphatic rings. The van der Waals surface area contributed by atoms with Gasteiger partial charge in [0.15, 0.2) is 5.13 Å². The van der Waals surface area contributed by atoms with Crippen molar-refractivity contribution in [2.45, 2.75) is 27.2 Å². The first-order valence-corrected chi connectivity index (χ1v) is 7.89. The number of nitrogens with zero attached hydrogens (tertiary/aromatic N) is 2. The number of halogens is 2. The molecule has 2 aromatic rings. The van der Waals surface area contributed by atoms with Crippen LogP contribution in [-0.2, 0) is 16.0 Å². The second-order valence-electron chi connectivity index (χ2n) is 6.04. The number of nitrogens with one attached hydrogen (secondary N) is 2. The molecular weight excluding hydrogens is 385 g/mol. The number of thiazole rings is 1. The summed E-state index contributed by atoms with van der Waals surface area (Å²) in [5, 5.41) is 7.69. The molecule has 0 unspecified atom stereocenters. The third-order valence-corrected chi connectivity index (χ3v) is 3.67. The lowest BCUT2D eigenvalue weighted by atomic mass is 9.96. The summed E-state index contributed by atoms with van der Waals surface area (Å²) in [6.07, 6.45) is 1.61. The molecule has 0 aliphatic carbocycles. The summed E-state index contributed by atoms with van der Waals surface area (Å²) in [5.74, 6) is 0.0631. The SMILES string of the molecule is CC(C)(C)C(=O)Nc1nc(CC(=O)Nc2ccc(N)nc2)cs1.Cl.Cl. The average molecular weight is 406 g/mol. The first kappa shape index (κ1) is 23.1. The molecule has 0 bridgehead atoms. The fourth-order valence-corrected chi connectivity index (χ4v) is 2.28. The van der Waals surface area contributed by atoms with Gasteiger partial charge in [-0.1, -0.05) is 20.8 Å². The molecule has 2 amide bonds. The van der Waals surface area contributed by atoms with Gasteiger partial charge in [0.1, 0.15) is 5.82 Å². The van der Waals surface area contributed by atoms with Crippen molar-refractivity contribution < 1.29 is 9.59 Å². The molecule has 10 heteroatoms. The minimum Gasteiger partial charge on any atom is -0.384 e. The summed E-state index contributed by atoms with van der Waals surface area (Å²) in [4.78, 5) is 32.0. The van der Waals surface area contributed by atoms with Crippen molar-refractivity contribution in [3.63, 3.8) is 0 Å². The fourth-order valence-electron chi connectivity index (χ4n) is 1.58. The number of pyridine rings is 1. The van der Waals surface area contributed by atoms with Crippen LogP contribution in [0.25, 0.3) is 0 Å². The fraction of sp³-hybridized carbons (Fsp3) is 0.333. The summed E-state index contributed by atoms with van der Waals surface area (Å²) in [6.45, 7) is 5.47. The highest BCUT2D eigenvalue weighted by atomic mass is 35.5. The second-order valence-corrected chi connectivity index (χ2v) is 6.90. The van der Waals surface area contributed by atoms with Crippen LogP contribution in [0.2, 0.25) is 0 Å². The van der Waals surface area contributed by atoms with Gasteiger partial charge < -0.3 is 16.4 Å². The van der Waals surface area contributed by atoms with E-state index >= 15 is 0 Å². The van der Waals surface area contributed by atoms with Gasteiger partial charge in [0, 0.05) is 10.8 Å². The maximum Gasteiger partial charge on any atom is 0.231 e. The van der Waals surface area contributed by atoms with E-state index in [4.69, 9.17) is 5.73 Å². The van der Waals surface area contributed by atoms with Crippen LogP contribution in [0.4, 0.5) is 16.6 Å². The Hall–Kier alpha value is -1.90. The van der Waals surface area contributed by atoms with Gasteiger partial charge in [-0.05, 0) is 12.1 Å². The van der Waals surface area contributed by atoms with Crippen LogP contribution in [-0.4, -0.2) is 21.8 Å². The Balaban J connectivity index is 0.00000288. The standard InChI is InChI=1S/C15H19N5O2S.2ClH/c1-15(2,3)13(22)20-14-19-10(8-23-14)6-12(21)18-9-4-5-11(16)17-7-9;;/h4-5,7-8H,6H2,1-3H3,(H2,16,17)(H,18,21)(H,19,20,22);2*1H. The highest BCUT2D eigenvalue weighted by Crippen LogP contribution is 2.21. The Morgan fingerprint density at radius 2 is 1.88 bits per heavy atom. The predicted octanol–water partition coefficient (Wildman–Crippen LogP) is 3.13. The number of anilines is 3. The number of aromatic nitrogens is 2. The van der Waals surface area contributed by atoms with Gasteiger partial charge in [-0.15, -0.1) is 36.2 Å². The summed E-state index contributed by atoms with van der Waals surface area (Å²) < 4.78 is 0. The zero-order valence-corrected chi connectivity index (χ0v) is 16.5. The van der Waals surface area contributed by atoms with Gasteiger partial charge in [-0.25, -0.2) is 9.97 Å². The number of carbonyl (C=O) groups excluding carboxylic acids is 2. The monoisotopic (exact) mass is 405 g/mol. The number of nitrogen functional groups attached to an aromatic ring is 1.